The highest BCUT2D eigenvalue weighted by atomic mass is 16.4. The Morgan fingerprint density at radius 3 is 1.77 bits per heavy atom. The molecule has 0 radical (unpaired) electrons. The minimum Gasteiger partial charge on any atom is -0.396 e. The maximum atomic E-state index is 12.4. The first-order valence-electron chi connectivity index (χ1n) is 8.78. The predicted octanol–water partition coefficient (Wildman–Crippen LogP) is -6.51. The molecule has 174 valence electrons. The van der Waals surface area contributed by atoms with Crippen molar-refractivity contribution in [1.29, 1.82) is 0 Å². The number of carbonyl (C=O) groups is 4. The summed E-state index contributed by atoms with van der Waals surface area (Å²) in [6.45, 7) is -2.06. The van der Waals surface area contributed by atoms with Gasteiger partial charge in [-0.25, -0.2) is 0 Å². The Bertz CT molecular complexity index is 601. The van der Waals surface area contributed by atoms with Crippen molar-refractivity contribution in [3.8, 4) is 0 Å². The fourth-order valence-electron chi connectivity index (χ4n) is 2.38. The number of imide groups is 1. The predicted molar refractivity (Wildman–Crippen MR) is 95.2 cm³/mol. The minimum absolute atomic E-state index is 0.854. The van der Waals surface area contributed by atoms with Gasteiger partial charge < -0.3 is 46.2 Å². The van der Waals surface area contributed by atoms with E-state index in [2.05, 4.69) is 0 Å². The van der Waals surface area contributed by atoms with Crippen LogP contribution in [0.2, 0.25) is 0 Å². The quantitative estimate of drug-likeness (QED) is 0.128. The van der Waals surface area contributed by atoms with Gasteiger partial charge in [0.25, 0.3) is 0 Å². The summed E-state index contributed by atoms with van der Waals surface area (Å²) >= 11 is 0. The number of Topliss-reactive ketones (excluding diaryl/α,β-unsaturated/α-hetero) is 1. The third kappa shape index (κ3) is 8.37. The summed E-state index contributed by atoms with van der Waals surface area (Å²) in [4.78, 5) is 47.9. The van der Waals surface area contributed by atoms with E-state index in [1.165, 1.54) is 0 Å². The zero-order valence-electron chi connectivity index (χ0n) is 16.1. The Balaban J connectivity index is 5.36. The van der Waals surface area contributed by atoms with Crippen molar-refractivity contribution in [3.63, 3.8) is 0 Å². The molecule has 14 nitrogen and oxygen atoms in total. The second kappa shape index (κ2) is 13.3. The first-order valence-corrected chi connectivity index (χ1v) is 8.78. The van der Waals surface area contributed by atoms with E-state index in [1.807, 2.05) is 5.32 Å². The summed E-state index contributed by atoms with van der Waals surface area (Å²) in [6.07, 6.45) is -10.6. The first-order chi connectivity index (χ1) is 13.9. The molecular formula is C16H28N2O12. The van der Waals surface area contributed by atoms with E-state index in [4.69, 9.17) is 10.2 Å². The average Bonchev–Trinajstić information content (AvgIpc) is 2.70. The van der Waals surface area contributed by atoms with Crippen LogP contribution in [-0.2, 0) is 19.2 Å². The second-order valence-corrected chi connectivity index (χ2v) is 6.49. The van der Waals surface area contributed by atoms with E-state index in [1.54, 1.807) is 5.32 Å². The lowest BCUT2D eigenvalue weighted by Crippen LogP contribution is -2.57. The first kappa shape index (κ1) is 28.0. The summed E-state index contributed by atoms with van der Waals surface area (Å²) in [5, 5.41) is 78.1. The molecular weight excluding hydrogens is 412 g/mol. The number of aliphatic hydroxyl groups excluding tert-OH is 8. The molecule has 0 saturated heterocycles. The smallest absolute Gasteiger partial charge is 0.249 e. The maximum absolute atomic E-state index is 12.4. The fourth-order valence-corrected chi connectivity index (χ4v) is 2.38. The van der Waals surface area contributed by atoms with Crippen molar-refractivity contribution in [1.82, 2.24) is 10.6 Å². The van der Waals surface area contributed by atoms with Crippen LogP contribution in [-0.4, -0.2) is 121 Å². The third-order valence-electron chi connectivity index (χ3n) is 4.08. The van der Waals surface area contributed by atoms with Crippen molar-refractivity contribution in [2.75, 3.05) is 19.8 Å². The number of amides is 3. The summed E-state index contributed by atoms with van der Waals surface area (Å²) in [7, 11) is 0. The molecule has 10 N–H and O–H groups in total. The number of carbonyl (C=O) groups excluding carboxylic acids is 4. The van der Waals surface area contributed by atoms with Gasteiger partial charge in [0, 0.05) is 6.92 Å². The summed E-state index contributed by atoms with van der Waals surface area (Å²) in [6, 6.07) is -1.88. The van der Waals surface area contributed by atoms with Crippen molar-refractivity contribution >= 4 is 23.5 Å². The van der Waals surface area contributed by atoms with E-state index in [0.717, 1.165) is 6.92 Å². The molecule has 0 aliphatic heterocycles. The summed E-state index contributed by atoms with van der Waals surface area (Å²) in [5.41, 5.74) is 0. The topological polar surface area (TPSA) is 254 Å². The van der Waals surface area contributed by atoms with E-state index >= 15 is 0 Å². The highest BCUT2D eigenvalue weighted by molar-refractivity contribution is 6.02. The normalized spacial score (nSPS) is 18.3. The van der Waals surface area contributed by atoms with Crippen LogP contribution < -0.4 is 10.6 Å². The van der Waals surface area contributed by atoms with E-state index in [-0.39, 0.29) is 0 Å². The molecule has 14 heteroatoms. The summed E-state index contributed by atoms with van der Waals surface area (Å²) in [5.74, 6) is -6.50. The van der Waals surface area contributed by atoms with Crippen LogP contribution in [0.25, 0.3) is 0 Å². The molecule has 0 rings (SSSR count). The van der Waals surface area contributed by atoms with Gasteiger partial charge >= 0.3 is 0 Å². The molecule has 30 heavy (non-hydrogen) atoms. The highest BCUT2D eigenvalue weighted by Crippen LogP contribution is 2.12. The molecule has 1 unspecified atom stereocenters. The van der Waals surface area contributed by atoms with Gasteiger partial charge in [0.2, 0.25) is 17.7 Å². The standard InChI is InChI=1S/C16H28N2O12/c1-6(22)17-12(7(3-19)13(27)15(29)10(25)5-21)16(30)18-11(26)2-8(23)14(28)9(24)4-20/h7-10,12,14-15,19-21,23-25,28-29H,2-5H2,1H3,(H,17,22)(H,18,26,30)/t7-,8+,9+,10+,12?,14+,15+/m0/s1. The Morgan fingerprint density at radius 1 is 0.800 bits per heavy atom. The molecule has 3 amide bonds. The number of ketones is 1. The molecule has 0 saturated carbocycles. The lowest BCUT2D eigenvalue weighted by Gasteiger charge is -2.27. The van der Waals surface area contributed by atoms with Crippen LogP contribution in [0.15, 0.2) is 0 Å². The SMILES string of the molecule is CC(=O)NC(C(=O)NC(=O)C[C@@H](O)[C@@H](O)[C@H](O)CO)[C@H](CO)C(=O)[C@H](O)[C@H](O)CO. The average molecular weight is 440 g/mol. The van der Waals surface area contributed by atoms with Gasteiger partial charge in [-0.1, -0.05) is 0 Å². The molecule has 0 aromatic rings. The lowest BCUT2D eigenvalue weighted by atomic mass is 9.90. The zero-order chi connectivity index (χ0) is 23.6. The van der Waals surface area contributed by atoms with Crippen LogP contribution in [0.4, 0.5) is 0 Å². The van der Waals surface area contributed by atoms with E-state index in [9.17, 15) is 49.8 Å². The third-order valence-corrected chi connectivity index (χ3v) is 4.08. The van der Waals surface area contributed by atoms with Gasteiger partial charge in [0.1, 0.15) is 30.5 Å². The van der Waals surface area contributed by atoms with Gasteiger partial charge in [0.05, 0.1) is 38.3 Å². The Kier molecular flexibility index (Phi) is 12.4. The maximum Gasteiger partial charge on any atom is 0.249 e. The Hall–Kier alpha value is -2.04. The number of rotatable bonds is 13. The molecule has 0 heterocycles. The number of hydrogen-bond donors (Lipinski definition) is 10. The molecule has 0 fully saturated rings. The van der Waals surface area contributed by atoms with Crippen molar-refractivity contribution in [3.05, 3.63) is 0 Å². The molecule has 0 aromatic heterocycles. The molecule has 0 aliphatic carbocycles. The van der Waals surface area contributed by atoms with Crippen molar-refractivity contribution < 1.29 is 60.0 Å². The number of hydrogen-bond acceptors (Lipinski definition) is 12. The van der Waals surface area contributed by atoms with Gasteiger partial charge in [-0.2, -0.15) is 0 Å². The fraction of sp³-hybridized carbons (Fsp3) is 0.750. The van der Waals surface area contributed by atoms with Crippen LogP contribution in [0.3, 0.4) is 0 Å². The zero-order valence-corrected chi connectivity index (χ0v) is 16.1. The summed E-state index contributed by atoms with van der Waals surface area (Å²) < 4.78 is 0. The molecule has 0 bridgehead atoms. The number of aliphatic hydroxyl groups is 8. The largest absolute Gasteiger partial charge is 0.396 e. The van der Waals surface area contributed by atoms with Gasteiger partial charge in [-0.15, -0.1) is 0 Å². The van der Waals surface area contributed by atoms with Crippen LogP contribution in [0.5, 0.6) is 0 Å². The Labute approximate surface area is 170 Å². The number of nitrogens with one attached hydrogen (secondary N) is 2. The van der Waals surface area contributed by atoms with Gasteiger partial charge in [-0.05, 0) is 0 Å². The lowest BCUT2D eigenvalue weighted by molar-refractivity contribution is -0.146. The molecule has 0 aliphatic rings. The minimum atomic E-state index is -2.20. The second-order valence-electron chi connectivity index (χ2n) is 6.49. The molecule has 7 atom stereocenters. The van der Waals surface area contributed by atoms with Crippen molar-refractivity contribution in [2.24, 2.45) is 5.92 Å². The van der Waals surface area contributed by atoms with Crippen LogP contribution in [0.1, 0.15) is 13.3 Å². The Morgan fingerprint density at radius 2 is 1.33 bits per heavy atom. The van der Waals surface area contributed by atoms with E-state index in [0.29, 0.717) is 0 Å². The van der Waals surface area contributed by atoms with Crippen molar-refractivity contribution in [2.45, 2.75) is 49.9 Å². The van der Waals surface area contributed by atoms with Crippen LogP contribution in [0, 0.1) is 5.92 Å². The highest BCUT2D eigenvalue weighted by Gasteiger charge is 2.39. The van der Waals surface area contributed by atoms with E-state index < -0.39 is 92.2 Å². The molecule has 0 spiro atoms. The molecule has 0 aromatic carbocycles. The monoisotopic (exact) mass is 440 g/mol. The van der Waals surface area contributed by atoms with Gasteiger partial charge in [0.15, 0.2) is 5.78 Å². The van der Waals surface area contributed by atoms with Crippen LogP contribution >= 0.6 is 0 Å². The van der Waals surface area contributed by atoms with Gasteiger partial charge in [-0.3, -0.25) is 24.5 Å².